The van der Waals surface area contributed by atoms with Gasteiger partial charge < -0.3 is 5.11 Å². The maximum Gasteiger partial charge on any atom is 0.345 e. The van der Waals surface area contributed by atoms with Crippen LogP contribution in [0.4, 0.5) is 0 Å². The van der Waals surface area contributed by atoms with Crippen molar-refractivity contribution in [3.05, 3.63) is 33.0 Å². The molecule has 0 saturated heterocycles. The van der Waals surface area contributed by atoms with Crippen LogP contribution in [0.25, 0.3) is 9.75 Å². The fraction of sp³-hybridized carbons (Fsp3) is 0.100. The molecule has 0 fully saturated rings. The van der Waals surface area contributed by atoms with E-state index in [0.29, 0.717) is 9.90 Å². The molecule has 2 aromatic rings. The van der Waals surface area contributed by atoms with Crippen molar-refractivity contribution in [3.63, 3.8) is 0 Å². The summed E-state index contributed by atoms with van der Waals surface area (Å²) in [6, 6.07) is 3.50. The Labute approximate surface area is 99.8 Å². The average molecular weight is 259 g/mol. The first kappa shape index (κ1) is 10.7. The van der Waals surface area contributed by atoms with E-state index >= 15 is 0 Å². The first-order chi connectivity index (χ1) is 7.09. The fourth-order valence-corrected chi connectivity index (χ4v) is 3.71. The Kier molecular flexibility index (Phi) is 2.82. The lowest BCUT2D eigenvalue weighted by Crippen LogP contribution is -1.89. The lowest BCUT2D eigenvalue weighted by molar-refractivity contribution is 0.0702. The van der Waals surface area contributed by atoms with E-state index in [1.54, 1.807) is 6.07 Å². The van der Waals surface area contributed by atoms with Crippen LogP contribution in [0.5, 0.6) is 0 Å². The summed E-state index contributed by atoms with van der Waals surface area (Å²) in [6.45, 7) is 1.90. The zero-order valence-electron chi connectivity index (χ0n) is 7.78. The average Bonchev–Trinajstić information content (AvgIpc) is 2.71. The number of halogens is 1. The molecule has 2 aromatic heterocycles. The summed E-state index contributed by atoms with van der Waals surface area (Å²) in [5.74, 6) is -0.887. The third kappa shape index (κ3) is 1.93. The van der Waals surface area contributed by atoms with Gasteiger partial charge in [0, 0.05) is 4.88 Å². The van der Waals surface area contributed by atoms with E-state index in [0.717, 1.165) is 15.3 Å². The van der Waals surface area contributed by atoms with Crippen LogP contribution in [0.3, 0.4) is 0 Å². The van der Waals surface area contributed by atoms with Crippen LogP contribution in [0.15, 0.2) is 17.5 Å². The second kappa shape index (κ2) is 3.96. The summed E-state index contributed by atoms with van der Waals surface area (Å²) >= 11 is 8.80. The molecule has 0 radical (unpaired) electrons. The molecule has 0 unspecified atom stereocenters. The molecule has 0 saturated carbocycles. The molecule has 0 bridgehead atoms. The first-order valence-electron chi connectivity index (χ1n) is 4.16. The first-order valence-corrected chi connectivity index (χ1v) is 6.24. The Balaban J connectivity index is 2.54. The second-order valence-corrected chi connectivity index (χ2v) is 5.40. The smallest absolute Gasteiger partial charge is 0.345 e. The molecule has 0 spiro atoms. The number of aromatic carboxylic acids is 1. The SMILES string of the molecule is Cc1cc(C(=O)O)sc1-c1sccc1Cl. The molecule has 78 valence electrons. The van der Waals surface area contributed by atoms with Crippen LogP contribution in [0, 0.1) is 6.92 Å². The molecule has 1 N–H and O–H groups in total. The number of rotatable bonds is 2. The molecule has 0 aromatic carbocycles. The number of thiophene rings is 2. The van der Waals surface area contributed by atoms with E-state index < -0.39 is 5.97 Å². The van der Waals surface area contributed by atoms with E-state index in [-0.39, 0.29) is 0 Å². The monoisotopic (exact) mass is 258 g/mol. The highest BCUT2D eigenvalue weighted by Gasteiger charge is 2.15. The molecule has 5 heteroatoms. The zero-order valence-corrected chi connectivity index (χ0v) is 10.2. The Morgan fingerprint density at radius 3 is 2.67 bits per heavy atom. The molecular weight excluding hydrogens is 252 g/mol. The summed E-state index contributed by atoms with van der Waals surface area (Å²) in [6.07, 6.45) is 0. The van der Waals surface area contributed by atoms with Crippen LogP contribution >= 0.6 is 34.3 Å². The van der Waals surface area contributed by atoms with Crippen molar-refractivity contribution in [2.24, 2.45) is 0 Å². The van der Waals surface area contributed by atoms with Crippen molar-refractivity contribution in [2.45, 2.75) is 6.92 Å². The summed E-state index contributed by atoms with van der Waals surface area (Å²) < 4.78 is 0. The second-order valence-electron chi connectivity index (χ2n) is 3.03. The Morgan fingerprint density at radius 2 is 2.20 bits per heavy atom. The highest BCUT2D eigenvalue weighted by Crippen LogP contribution is 2.40. The van der Waals surface area contributed by atoms with Crippen LogP contribution < -0.4 is 0 Å². The number of aryl methyl sites for hydroxylation is 1. The van der Waals surface area contributed by atoms with Gasteiger partial charge in [-0.05, 0) is 30.0 Å². The third-order valence-corrected chi connectivity index (χ3v) is 4.68. The van der Waals surface area contributed by atoms with Gasteiger partial charge in [-0.25, -0.2) is 4.79 Å². The normalized spacial score (nSPS) is 10.5. The van der Waals surface area contributed by atoms with Gasteiger partial charge in [-0.15, -0.1) is 22.7 Å². The van der Waals surface area contributed by atoms with Crippen LogP contribution in [0.1, 0.15) is 15.2 Å². The van der Waals surface area contributed by atoms with Crippen molar-refractivity contribution in [3.8, 4) is 9.75 Å². The van der Waals surface area contributed by atoms with Crippen molar-refractivity contribution in [2.75, 3.05) is 0 Å². The molecule has 2 rings (SSSR count). The minimum atomic E-state index is -0.887. The molecular formula is C10H7ClO2S2. The Bertz CT molecular complexity index is 513. The van der Waals surface area contributed by atoms with E-state index in [9.17, 15) is 4.79 Å². The number of carboxylic acids is 1. The molecule has 2 heterocycles. The van der Waals surface area contributed by atoms with Crippen molar-refractivity contribution in [1.29, 1.82) is 0 Å². The van der Waals surface area contributed by atoms with Crippen molar-refractivity contribution >= 4 is 40.2 Å². The van der Waals surface area contributed by atoms with Gasteiger partial charge in [0.2, 0.25) is 0 Å². The van der Waals surface area contributed by atoms with Gasteiger partial charge in [-0.2, -0.15) is 0 Å². The van der Waals surface area contributed by atoms with Gasteiger partial charge >= 0.3 is 5.97 Å². The van der Waals surface area contributed by atoms with Crippen LogP contribution in [-0.2, 0) is 0 Å². The molecule has 0 aliphatic heterocycles. The predicted molar refractivity (Wildman–Crippen MR) is 64.3 cm³/mol. The fourth-order valence-electron chi connectivity index (χ4n) is 1.27. The number of carbonyl (C=O) groups is 1. The standard InChI is InChI=1S/C10H7ClO2S2/c1-5-4-7(10(12)13)15-8(5)9-6(11)2-3-14-9/h2-4H,1H3,(H,12,13). The topological polar surface area (TPSA) is 37.3 Å². The quantitative estimate of drug-likeness (QED) is 0.879. The van der Waals surface area contributed by atoms with E-state index in [4.69, 9.17) is 16.7 Å². The van der Waals surface area contributed by atoms with Gasteiger partial charge in [0.1, 0.15) is 4.88 Å². The van der Waals surface area contributed by atoms with E-state index in [1.807, 2.05) is 18.4 Å². The van der Waals surface area contributed by atoms with Crippen molar-refractivity contribution in [1.82, 2.24) is 0 Å². The highest BCUT2D eigenvalue weighted by atomic mass is 35.5. The number of hydrogen-bond donors (Lipinski definition) is 1. The summed E-state index contributed by atoms with van der Waals surface area (Å²) in [7, 11) is 0. The molecule has 0 amide bonds. The summed E-state index contributed by atoms with van der Waals surface area (Å²) in [5.41, 5.74) is 0.960. The summed E-state index contributed by atoms with van der Waals surface area (Å²) in [5, 5.41) is 11.5. The highest BCUT2D eigenvalue weighted by molar-refractivity contribution is 7.22. The van der Waals surface area contributed by atoms with Gasteiger partial charge in [0.25, 0.3) is 0 Å². The van der Waals surface area contributed by atoms with Gasteiger partial charge in [-0.1, -0.05) is 11.6 Å². The van der Waals surface area contributed by atoms with Gasteiger partial charge in [-0.3, -0.25) is 0 Å². The lowest BCUT2D eigenvalue weighted by Gasteiger charge is -1.94. The van der Waals surface area contributed by atoms with Gasteiger partial charge in [0.15, 0.2) is 0 Å². The molecule has 0 aliphatic rings. The number of carboxylic acid groups (broad SMARTS) is 1. The van der Waals surface area contributed by atoms with Gasteiger partial charge in [0.05, 0.1) is 9.90 Å². The minimum absolute atomic E-state index is 0.354. The Hall–Kier alpha value is -0.840. The summed E-state index contributed by atoms with van der Waals surface area (Å²) in [4.78, 5) is 13.1. The van der Waals surface area contributed by atoms with Crippen LogP contribution in [0.2, 0.25) is 5.02 Å². The zero-order chi connectivity index (χ0) is 11.0. The molecule has 0 atom stereocenters. The van der Waals surface area contributed by atoms with Crippen LogP contribution in [-0.4, -0.2) is 11.1 Å². The lowest BCUT2D eigenvalue weighted by atomic mass is 10.2. The third-order valence-electron chi connectivity index (χ3n) is 1.95. The largest absolute Gasteiger partial charge is 0.477 e. The van der Waals surface area contributed by atoms with Crippen molar-refractivity contribution < 1.29 is 9.90 Å². The number of hydrogen-bond acceptors (Lipinski definition) is 3. The predicted octanol–water partition coefficient (Wildman–Crippen LogP) is 4.14. The maximum atomic E-state index is 10.8. The molecule has 2 nitrogen and oxygen atoms in total. The minimum Gasteiger partial charge on any atom is -0.477 e. The van der Waals surface area contributed by atoms with E-state index in [1.165, 1.54) is 22.7 Å². The van der Waals surface area contributed by atoms with E-state index in [2.05, 4.69) is 0 Å². The molecule has 0 aliphatic carbocycles. The molecule has 15 heavy (non-hydrogen) atoms. The maximum absolute atomic E-state index is 10.8. The Morgan fingerprint density at radius 1 is 1.47 bits per heavy atom.